The molecular formula is C15H19N5OS. The van der Waals surface area contributed by atoms with E-state index in [1.54, 1.807) is 37.7 Å². The van der Waals surface area contributed by atoms with Crippen molar-refractivity contribution in [1.82, 2.24) is 15.6 Å². The smallest absolute Gasteiger partial charge is 0.323 e. The Morgan fingerprint density at radius 3 is 2.82 bits per heavy atom. The molecule has 6 nitrogen and oxygen atoms in total. The topological polar surface area (TPSA) is 78.4 Å². The van der Waals surface area contributed by atoms with Crippen molar-refractivity contribution in [2.75, 3.05) is 18.6 Å². The molecule has 116 valence electrons. The Balaban J connectivity index is 2.77. The first-order valence-electron chi connectivity index (χ1n) is 6.38. The SMILES string of the molecule is C=C(/C=C(\C=N/C(=C)SC)NC(=O)Nc1cccnc1)NC. The van der Waals surface area contributed by atoms with Gasteiger partial charge < -0.3 is 16.0 Å². The highest BCUT2D eigenvalue weighted by molar-refractivity contribution is 8.02. The molecule has 0 fully saturated rings. The Morgan fingerprint density at radius 2 is 2.23 bits per heavy atom. The van der Waals surface area contributed by atoms with Crippen molar-refractivity contribution in [2.24, 2.45) is 4.99 Å². The fourth-order valence-corrected chi connectivity index (χ4v) is 1.45. The average Bonchev–Trinajstić information content (AvgIpc) is 2.52. The summed E-state index contributed by atoms with van der Waals surface area (Å²) >= 11 is 1.42. The molecule has 7 heteroatoms. The van der Waals surface area contributed by atoms with Gasteiger partial charge in [-0.1, -0.05) is 13.2 Å². The van der Waals surface area contributed by atoms with Crippen molar-refractivity contribution in [3.05, 3.63) is 60.2 Å². The largest absolute Gasteiger partial charge is 0.389 e. The number of anilines is 1. The van der Waals surface area contributed by atoms with Crippen molar-refractivity contribution in [3.63, 3.8) is 0 Å². The number of nitrogens with one attached hydrogen (secondary N) is 3. The number of carbonyl (C=O) groups is 1. The van der Waals surface area contributed by atoms with E-state index in [-0.39, 0.29) is 0 Å². The summed E-state index contributed by atoms with van der Waals surface area (Å²) in [6.07, 6.45) is 8.24. The van der Waals surface area contributed by atoms with Crippen LogP contribution in [0.4, 0.5) is 10.5 Å². The lowest BCUT2D eigenvalue weighted by Crippen LogP contribution is -2.29. The van der Waals surface area contributed by atoms with Gasteiger partial charge in [-0.05, 0) is 24.5 Å². The van der Waals surface area contributed by atoms with Crippen LogP contribution < -0.4 is 16.0 Å². The van der Waals surface area contributed by atoms with Crippen LogP contribution in [-0.2, 0) is 0 Å². The first-order valence-corrected chi connectivity index (χ1v) is 7.61. The number of allylic oxidation sites excluding steroid dienone is 2. The molecule has 0 aromatic carbocycles. The van der Waals surface area contributed by atoms with Gasteiger partial charge in [0, 0.05) is 18.9 Å². The zero-order chi connectivity index (χ0) is 16.4. The van der Waals surface area contributed by atoms with E-state index in [1.807, 2.05) is 6.26 Å². The zero-order valence-corrected chi connectivity index (χ0v) is 13.4. The van der Waals surface area contributed by atoms with Gasteiger partial charge >= 0.3 is 6.03 Å². The van der Waals surface area contributed by atoms with Crippen LogP contribution in [0.3, 0.4) is 0 Å². The first-order chi connectivity index (χ1) is 10.5. The summed E-state index contributed by atoms with van der Waals surface area (Å²) in [6, 6.07) is 3.08. The summed E-state index contributed by atoms with van der Waals surface area (Å²) in [5.74, 6) is 0. The number of nitrogens with zero attached hydrogens (tertiary/aromatic N) is 2. The number of urea groups is 1. The molecule has 1 aromatic heterocycles. The standard InChI is InChI=1S/C15H19N5OS/c1-11(16-3)8-14(10-18-12(2)22-4)20-15(21)19-13-6-5-7-17-9-13/h5-10,16H,1-2H2,3-4H3,(H2,19,20,21)/b14-8+,18-10-. The summed E-state index contributed by atoms with van der Waals surface area (Å²) in [5.41, 5.74) is 1.71. The number of aromatic nitrogens is 1. The monoisotopic (exact) mass is 317 g/mol. The van der Waals surface area contributed by atoms with E-state index in [4.69, 9.17) is 0 Å². The molecule has 0 unspecified atom stereocenters. The highest BCUT2D eigenvalue weighted by atomic mass is 32.2. The third-order valence-corrected chi connectivity index (χ3v) is 2.99. The Morgan fingerprint density at radius 1 is 1.45 bits per heavy atom. The molecular weight excluding hydrogens is 298 g/mol. The van der Waals surface area contributed by atoms with Crippen LogP contribution in [0.2, 0.25) is 0 Å². The lowest BCUT2D eigenvalue weighted by Gasteiger charge is -2.08. The van der Waals surface area contributed by atoms with Crippen LogP contribution in [-0.4, -0.2) is 30.5 Å². The molecule has 0 aliphatic rings. The van der Waals surface area contributed by atoms with Gasteiger partial charge in [0.25, 0.3) is 0 Å². The molecule has 3 N–H and O–H groups in total. The van der Waals surface area contributed by atoms with E-state index in [2.05, 4.69) is 39.1 Å². The van der Waals surface area contributed by atoms with Gasteiger partial charge in [-0.2, -0.15) is 0 Å². The van der Waals surface area contributed by atoms with Crippen molar-refractivity contribution >= 4 is 29.7 Å². The van der Waals surface area contributed by atoms with Gasteiger partial charge in [0.05, 0.1) is 28.8 Å². The number of amides is 2. The van der Waals surface area contributed by atoms with E-state index in [1.165, 1.54) is 18.0 Å². The first kappa shape index (κ1) is 17.5. The van der Waals surface area contributed by atoms with Crippen LogP contribution >= 0.6 is 11.8 Å². The number of hydrogen-bond acceptors (Lipinski definition) is 5. The number of carbonyl (C=O) groups excluding carboxylic acids is 1. The Labute approximate surface area is 134 Å². The van der Waals surface area contributed by atoms with Gasteiger partial charge in [-0.3, -0.25) is 4.98 Å². The molecule has 0 bridgehead atoms. The Bertz CT molecular complexity index is 595. The van der Waals surface area contributed by atoms with Crippen molar-refractivity contribution in [3.8, 4) is 0 Å². The third kappa shape index (κ3) is 6.76. The fourth-order valence-electron chi connectivity index (χ4n) is 1.29. The maximum Gasteiger partial charge on any atom is 0.323 e. The quantitative estimate of drug-likeness (QED) is 0.534. The highest BCUT2D eigenvalue weighted by Gasteiger charge is 2.04. The summed E-state index contributed by atoms with van der Waals surface area (Å²) < 4.78 is 0. The van der Waals surface area contributed by atoms with Gasteiger partial charge in [-0.25, -0.2) is 9.79 Å². The van der Waals surface area contributed by atoms with Gasteiger partial charge in [0.1, 0.15) is 0 Å². The molecule has 0 radical (unpaired) electrons. The molecule has 22 heavy (non-hydrogen) atoms. The van der Waals surface area contributed by atoms with E-state index in [0.29, 0.717) is 22.1 Å². The number of hydrogen-bond donors (Lipinski definition) is 3. The minimum Gasteiger partial charge on any atom is -0.389 e. The maximum atomic E-state index is 12.0. The minimum atomic E-state index is -0.399. The molecule has 0 atom stereocenters. The second-order valence-electron chi connectivity index (χ2n) is 4.05. The Kier molecular flexibility index (Phi) is 7.49. The number of likely N-dealkylation sites (N-methyl/N-ethyl adjacent to an activating group) is 1. The molecule has 0 aliphatic heterocycles. The van der Waals surface area contributed by atoms with Crippen molar-refractivity contribution in [1.29, 1.82) is 0 Å². The van der Waals surface area contributed by atoms with Gasteiger partial charge in [-0.15, -0.1) is 11.8 Å². The van der Waals surface area contributed by atoms with Crippen LogP contribution in [0.1, 0.15) is 0 Å². The number of thioether (sulfide) groups is 1. The molecule has 0 saturated heterocycles. The second-order valence-corrected chi connectivity index (χ2v) is 4.93. The average molecular weight is 317 g/mol. The molecule has 0 saturated carbocycles. The zero-order valence-electron chi connectivity index (χ0n) is 12.6. The number of aliphatic imine (C=N–C) groups is 1. The van der Waals surface area contributed by atoms with Crippen LogP contribution in [0.15, 0.2) is 65.2 Å². The van der Waals surface area contributed by atoms with E-state index < -0.39 is 6.03 Å². The van der Waals surface area contributed by atoms with Crippen molar-refractivity contribution < 1.29 is 4.79 Å². The van der Waals surface area contributed by atoms with Crippen molar-refractivity contribution in [2.45, 2.75) is 0 Å². The van der Waals surface area contributed by atoms with Crippen LogP contribution in [0.25, 0.3) is 0 Å². The van der Waals surface area contributed by atoms with E-state index in [9.17, 15) is 4.79 Å². The lowest BCUT2D eigenvalue weighted by molar-refractivity contribution is 0.254. The molecule has 1 heterocycles. The van der Waals surface area contributed by atoms with E-state index >= 15 is 0 Å². The normalized spacial score (nSPS) is 11.1. The molecule has 2 amide bonds. The summed E-state index contributed by atoms with van der Waals surface area (Å²) in [6.45, 7) is 7.55. The fraction of sp³-hybridized carbons (Fsp3) is 0.133. The lowest BCUT2D eigenvalue weighted by atomic mass is 10.3. The molecule has 0 spiro atoms. The van der Waals surface area contributed by atoms with Crippen LogP contribution in [0, 0.1) is 0 Å². The molecule has 1 rings (SSSR count). The van der Waals surface area contributed by atoms with E-state index in [0.717, 1.165) is 0 Å². The second kappa shape index (κ2) is 9.41. The molecule has 1 aromatic rings. The summed E-state index contributed by atoms with van der Waals surface area (Å²) in [4.78, 5) is 20.0. The van der Waals surface area contributed by atoms with Gasteiger partial charge in [0.2, 0.25) is 0 Å². The number of pyridine rings is 1. The number of rotatable bonds is 7. The Hall–Kier alpha value is -2.54. The minimum absolute atomic E-state index is 0.399. The van der Waals surface area contributed by atoms with Crippen LogP contribution in [0.5, 0.6) is 0 Å². The third-order valence-electron chi connectivity index (χ3n) is 2.41. The maximum absolute atomic E-state index is 12.0. The summed E-state index contributed by atoms with van der Waals surface area (Å²) in [7, 11) is 1.74. The van der Waals surface area contributed by atoms with Gasteiger partial charge in [0.15, 0.2) is 0 Å². The predicted octanol–water partition coefficient (Wildman–Crippen LogP) is 2.73. The summed E-state index contributed by atoms with van der Waals surface area (Å²) in [5, 5.41) is 8.88. The predicted molar refractivity (Wildman–Crippen MR) is 93.8 cm³/mol. The highest BCUT2D eigenvalue weighted by Crippen LogP contribution is 2.09. The molecule has 0 aliphatic carbocycles.